The van der Waals surface area contributed by atoms with Gasteiger partial charge in [-0.15, -0.1) is 0 Å². The topological polar surface area (TPSA) is 192 Å². The number of furan rings is 1. The van der Waals surface area contributed by atoms with Crippen LogP contribution >= 0.6 is 0 Å². The maximum absolute atomic E-state index is 12.7. The average Bonchev–Trinajstić information content (AvgIpc) is 3.32. The zero-order valence-corrected chi connectivity index (χ0v) is 15.9. The summed E-state index contributed by atoms with van der Waals surface area (Å²) in [6.45, 7) is 0.868. The summed E-state index contributed by atoms with van der Waals surface area (Å²) in [7, 11) is 0. The molecule has 4 heterocycles. The van der Waals surface area contributed by atoms with Gasteiger partial charge in [0.15, 0.2) is 23.7 Å². The number of aliphatic hydroxyl groups is 3. The lowest BCUT2D eigenvalue weighted by Crippen LogP contribution is -2.77. The third-order valence-corrected chi connectivity index (χ3v) is 5.62. The van der Waals surface area contributed by atoms with Gasteiger partial charge in [0, 0.05) is 0 Å². The third-order valence-electron chi connectivity index (χ3n) is 5.62. The van der Waals surface area contributed by atoms with Gasteiger partial charge in [0.2, 0.25) is 17.3 Å². The van der Waals surface area contributed by atoms with Crippen molar-refractivity contribution in [3.05, 3.63) is 23.7 Å². The summed E-state index contributed by atoms with van der Waals surface area (Å²) >= 11 is 0. The van der Waals surface area contributed by atoms with Gasteiger partial charge >= 0.3 is 12.1 Å². The van der Waals surface area contributed by atoms with E-state index in [-0.39, 0.29) is 11.9 Å². The molecule has 15 heteroatoms. The molecule has 1 spiro atoms. The second kappa shape index (κ2) is 6.48. The van der Waals surface area contributed by atoms with Crippen molar-refractivity contribution in [3.8, 4) is 0 Å². The molecule has 8 N–H and O–H groups in total. The minimum atomic E-state index is -4.82. The van der Waals surface area contributed by atoms with Crippen LogP contribution in [-0.4, -0.2) is 80.4 Å². The highest BCUT2D eigenvalue weighted by atomic mass is 19.4. The first-order valence-corrected chi connectivity index (χ1v) is 9.02. The Labute approximate surface area is 172 Å². The molecule has 1 aromatic heterocycles. The predicted octanol–water partition coefficient (Wildman–Crippen LogP) is -2.12. The first-order chi connectivity index (χ1) is 14.3. The standard InChI is InChI=1S/C16H19F3N6O6/c1-5-10(31-11(27)7-2-3-8(30-7)16(17,18)19)15(28,29)14-9(23-12(20)24-14)6(4-26)22-13(21)25(5)14/h2-3,5-6,9-10,26,28-29H,4H2,1H3,(H2,21,22)(H3,20,23,24)/t5-,6-,9-,10-,14-/m0/s1. The highest BCUT2D eigenvalue weighted by Crippen LogP contribution is 2.48. The number of hydrogen-bond acceptors (Lipinski definition) is 12. The Morgan fingerprint density at radius 2 is 2.03 bits per heavy atom. The number of esters is 1. The van der Waals surface area contributed by atoms with Gasteiger partial charge < -0.3 is 46.2 Å². The number of carbonyl (C=O) groups excluding carboxylic acids is 1. The van der Waals surface area contributed by atoms with Crippen LogP contribution < -0.4 is 16.8 Å². The molecule has 31 heavy (non-hydrogen) atoms. The van der Waals surface area contributed by atoms with E-state index in [0.29, 0.717) is 6.07 Å². The quantitative estimate of drug-likeness (QED) is 0.220. The lowest BCUT2D eigenvalue weighted by molar-refractivity contribution is -0.257. The Morgan fingerprint density at radius 1 is 1.35 bits per heavy atom. The summed E-state index contributed by atoms with van der Waals surface area (Å²) < 4.78 is 47.9. The molecule has 0 radical (unpaired) electrons. The molecule has 1 fully saturated rings. The lowest BCUT2D eigenvalue weighted by atomic mass is 9.86. The van der Waals surface area contributed by atoms with Gasteiger partial charge in [-0.3, -0.25) is 0 Å². The average molecular weight is 448 g/mol. The second-order valence-electron chi connectivity index (χ2n) is 7.41. The SMILES string of the molecule is C[C@H]1[C@H](OC(=O)c2ccc(C(F)(F)F)o2)C(O)(O)[C@]23NC(N)=N[C@H]2[C@H](CO)N=C(N)N13. The van der Waals surface area contributed by atoms with E-state index in [1.54, 1.807) is 0 Å². The normalized spacial score (nSPS) is 33.8. The predicted molar refractivity (Wildman–Crippen MR) is 95.2 cm³/mol. The van der Waals surface area contributed by atoms with Gasteiger partial charge in [-0.1, -0.05) is 0 Å². The number of nitrogens with zero attached hydrogens (tertiary/aromatic N) is 3. The minimum Gasteiger partial charge on any atom is -0.448 e. The number of nitrogens with two attached hydrogens (primary N) is 2. The Kier molecular flexibility index (Phi) is 4.43. The van der Waals surface area contributed by atoms with Crippen molar-refractivity contribution in [1.29, 1.82) is 0 Å². The molecule has 4 rings (SSSR count). The van der Waals surface area contributed by atoms with Crippen LogP contribution in [0, 0.1) is 0 Å². The van der Waals surface area contributed by atoms with Gasteiger partial charge in [0.25, 0.3) is 0 Å². The number of alkyl halides is 3. The summed E-state index contributed by atoms with van der Waals surface area (Å²) in [6.07, 6.45) is -6.57. The molecule has 1 aromatic rings. The second-order valence-corrected chi connectivity index (χ2v) is 7.41. The van der Waals surface area contributed by atoms with Crippen molar-refractivity contribution in [2.45, 2.75) is 48.8 Å². The fourth-order valence-corrected chi connectivity index (χ4v) is 4.40. The van der Waals surface area contributed by atoms with E-state index >= 15 is 0 Å². The van der Waals surface area contributed by atoms with Crippen LogP contribution in [0.15, 0.2) is 26.5 Å². The van der Waals surface area contributed by atoms with Crippen molar-refractivity contribution in [1.82, 2.24) is 10.2 Å². The number of ether oxygens (including phenoxy) is 1. The van der Waals surface area contributed by atoms with Gasteiger partial charge in [-0.05, 0) is 19.1 Å². The molecule has 5 atom stereocenters. The van der Waals surface area contributed by atoms with Crippen molar-refractivity contribution in [3.63, 3.8) is 0 Å². The molecule has 170 valence electrons. The molecule has 12 nitrogen and oxygen atoms in total. The maximum Gasteiger partial charge on any atom is 0.449 e. The van der Waals surface area contributed by atoms with Gasteiger partial charge in [-0.25, -0.2) is 14.8 Å². The molecule has 0 bridgehead atoms. The monoisotopic (exact) mass is 448 g/mol. The van der Waals surface area contributed by atoms with Crippen LogP contribution in [0.1, 0.15) is 23.2 Å². The summed E-state index contributed by atoms with van der Waals surface area (Å²) in [6, 6.07) is -1.88. The van der Waals surface area contributed by atoms with Crippen LogP contribution in [0.3, 0.4) is 0 Å². The van der Waals surface area contributed by atoms with Crippen molar-refractivity contribution in [2.75, 3.05) is 6.61 Å². The first kappa shape index (κ1) is 21.2. The summed E-state index contributed by atoms with van der Waals surface area (Å²) in [4.78, 5) is 21.8. The van der Waals surface area contributed by atoms with Crippen molar-refractivity contribution in [2.24, 2.45) is 21.5 Å². The zero-order chi connectivity index (χ0) is 22.9. The Hall–Kier alpha value is -3.04. The van der Waals surface area contributed by atoms with Gasteiger partial charge in [0.1, 0.15) is 12.1 Å². The van der Waals surface area contributed by atoms with Crippen molar-refractivity contribution >= 4 is 17.9 Å². The van der Waals surface area contributed by atoms with E-state index < -0.39 is 66.0 Å². The third kappa shape index (κ3) is 2.76. The van der Waals surface area contributed by atoms with E-state index in [1.165, 1.54) is 11.8 Å². The van der Waals surface area contributed by atoms with Crippen LogP contribution in [0.5, 0.6) is 0 Å². The molecular formula is C16H19F3N6O6. The number of hydrogen-bond donors (Lipinski definition) is 6. The Bertz CT molecular complexity index is 977. The van der Waals surface area contributed by atoms with E-state index in [2.05, 4.69) is 19.7 Å². The van der Waals surface area contributed by atoms with Crippen LogP contribution in [0.2, 0.25) is 0 Å². The van der Waals surface area contributed by atoms with Gasteiger partial charge in [-0.2, -0.15) is 13.2 Å². The number of nitrogens with one attached hydrogen (secondary N) is 1. The van der Waals surface area contributed by atoms with E-state index in [0.717, 1.165) is 6.07 Å². The molecule has 0 amide bonds. The summed E-state index contributed by atoms with van der Waals surface area (Å²) in [5, 5.41) is 34.5. The minimum absolute atomic E-state index is 0.203. The van der Waals surface area contributed by atoms with Crippen LogP contribution in [-0.2, 0) is 10.9 Å². The number of halogens is 3. The summed E-state index contributed by atoms with van der Waals surface area (Å²) in [5.74, 6) is -6.91. The number of guanidine groups is 2. The lowest BCUT2D eigenvalue weighted by Gasteiger charge is -2.48. The fraction of sp³-hybridized carbons (Fsp3) is 0.562. The maximum atomic E-state index is 12.7. The summed E-state index contributed by atoms with van der Waals surface area (Å²) in [5.41, 5.74) is 9.76. The van der Waals surface area contributed by atoms with Crippen molar-refractivity contribution < 1.29 is 42.4 Å². The number of aliphatic hydroxyl groups excluding tert-OH is 1. The Morgan fingerprint density at radius 3 is 2.61 bits per heavy atom. The molecule has 3 aliphatic heterocycles. The van der Waals surface area contributed by atoms with E-state index in [4.69, 9.17) is 16.2 Å². The van der Waals surface area contributed by atoms with E-state index in [9.17, 15) is 33.3 Å². The molecule has 0 aliphatic carbocycles. The highest BCUT2D eigenvalue weighted by Gasteiger charge is 2.76. The molecule has 0 saturated carbocycles. The number of aliphatic imine (C=N–C) groups is 2. The fourth-order valence-electron chi connectivity index (χ4n) is 4.40. The molecule has 1 saturated heterocycles. The molecular weight excluding hydrogens is 429 g/mol. The van der Waals surface area contributed by atoms with Crippen LogP contribution in [0.4, 0.5) is 13.2 Å². The molecule has 0 aromatic carbocycles. The number of rotatable bonds is 3. The Balaban J connectivity index is 1.69. The van der Waals surface area contributed by atoms with E-state index in [1.807, 2.05) is 0 Å². The largest absolute Gasteiger partial charge is 0.449 e. The number of carbonyl (C=O) groups is 1. The highest BCUT2D eigenvalue weighted by molar-refractivity contribution is 5.89. The first-order valence-electron chi connectivity index (χ1n) is 9.02. The van der Waals surface area contributed by atoms with Gasteiger partial charge in [0.05, 0.1) is 12.6 Å². The molecule has 3 aliphatic rings. The zero-order valence-electron chi connectivity index (χ0n) is 15.9. The smallest absolute Gasteiger partial charge is 0.448 e. The molecule has 0 unspecified atom stereocenters. The van der Waals surface area contributed by atoms with Crippen LogP contribution in [0.25, 0.3) is 0 Å².